The molecule has 182 valence electrons. The standard InChI is InChI=1S/C28H35NO5/c1-8-15-29-24(19-11-9-10-12-22(19)34-17(2)3)23(26(31)27(29)32)25(30)20-16-18(28(4,5)6)13-14-21(20)33-7/h9-14,16-17,24,30H,8,15H2,1-7H3/b25-23+. The van der Waals surface area contributed by atoms with Gasteiger partial charge < -0.3 is 19.5 Å². The average molecular weight is 466 g/mol. The number of methoxy groups -OCH3 is 1. The lowest BCUT2D eigenvalue weighted by molar-refractivity contribution is -0.139. The maximum Gasteiger partial charge on any atom is 0.295 e. The minimum Gasteiger partial charge on any atom is -0.507 e. The smallest absolute Gasteiger partial charge is 0.295 e. The van der Waals surface area contributed by atoms with Crippen molar-refractivity contribution in [1.29, 1.82) is 0 Å². The molecule has 0 aromatic heterocycles. The molecule has 0 aliphatic carbocycles. The van der Waals surface area contributed by atoms with Gasteiger partial charge in [-0.1, -0.05) is 52.0 Å². The first-order valence-electron chi connectivity index (χ1n) is 11.7. The third kappa shape index (κ3) is 4.81. The molecule has 1 aliphatic rings. The lowest BCUT2D eigenvalue weighted by Crippen LogP contribution is -2.30. The Bertz CT molecular complexity index is 1110. The summed E-state index contributed by atoms with van der Waals surface area (Å²) in [7, 11) is 1.52. The lowest BCUT2D eigenvalue weighted by atomic mass is 9.85. The zero-order valence-electron chi connectivity index (χ0n) is 21.1. The van der Waals surface area contributed by atoms with Crippen LogP contribution in [0.4, 0.5) is 0 Å². The van der Waals surface area contributed by atoms with E-state index in [1.165, 1.54) is 12.0 Å². The number of aliphatic hydroxyl groups excluding tert-OH is 1. The Morgan fingerprint density at radius 1 is 1.09 bits per heavy atom. The number of ketones is 1. The van der Waals surface area contributed by atoms with E-state index in [0.29, 0.717) is 35.6 Å². The molecule has 1 saturated heterocycles. The van der Waals surface area contributed by atoms with E-state index in [2.05, 4.69) is 20.8 Å². The molecule has 1 atom stereocenters. The Hall–Kier alpha value is -3.28. The fraction of sp³-hybridized carbons (Fsp3) is 0.429. The van der Waals surface area contributed by atoms with E-state index >= 15 is 0 Å². The maximum atomic E-state index is 13.3. The molecule has 2 aromatic rings. The number of carbonyl (C=O) groups is 2. The number of Topliss-reactive ketones (excluding diaryl/α,β-unsaturated/α-hetero) is 1. The van der Waals surface area contributed by atoms with Crippen LogP contribution in [-0.4, -0.2) is 41.5 Å². The molecular formula is C28H35NO5. The summed E-state index contributed by atoms with van der Waals surface area (Å²) >= 11 is 0. The van der Waals surface area contributed by atoms with Crippen LogP contribution in [0.25, 0.3) is 5.76 Å². The van der Waals surface area contributed by atoms with Crippen molar-refractivity contribution in [3.8, 4) is 11.5 Å². The number of ether oxygens (including phenoxy) is 2. The fourth-order valence-electron chi connectivity index (χ4n) is 4.25. The molecule has 1 heterocycles. The van der Waals surface area contributed by atoms with Crippen LogP contribution in [0.3, 0.4) is 0 Å². The molecule has 1 amide bonds. The summed E-state index contributed by atoms with van der Waals surface area (Å²) in [6.07, 6.45) is 0.567. The van der Waals surface area contributed by atoms with Gasteiger partial charge in [0.2, 0.25) is 0 Å². The van der Waals surface area contributed by atoms with E-state index in [0.717, 1.165) is 5.56 Å². The van der Waals surface area contributed by atoms with Crippen LogP contribution in [0, 0.1) is 0 Å². The van der Waals surface area contributed by atoms with Crippen molar-refractivity contribution in [3.05, 3.63) is 64.7 Å². The second kappa shape index (κ2) is 9.92. The number of nitrogens with zero attached hydrogens (tertiary/aromatic N) is 1. The predicted molar refractivity (Wildman–Crippen MR) is 133 cm³/mol. The molecule has 1 aliphatic heterocycles. The lowest BCUT2D eigenvalue weighted by Gasteiger charge is -2.27. The number of para-hydroxylation sites is 1. The Morgan fingerprint density at radius 3 is 2.35 bits per heavy atom. The third-order valence-corrected chi connectivity index (χ3v) is 5.90. The first-order chi connectivity index (χ1) is 16.0. The molecule has 6 nitrogen and oxygen atoms in total. The summed E-state index contributed by atoms with van der Waals surface area (Å²) in [5.74, 6) is -0.578. The van der Waals surface area contributed by atoms with E-state index in [4.69, 9.17) is 9.47 Å². The van der Waals surface area contributed by atoms with Crippen LogP contribution >= 0.6 is 0 Å². The molecule has 1 unspecified atom stereocenters. The van der Waals surface area contributed by atoms with Crippen LogP contribution < -0.4 is 9.47 Å². The summed E-state index contributed by atoms with van der Waals surface area (Å²) in [5, 5.41) is 11.6. The molecule has 0 radical (unpaired) electrons. The highest BCUT2D eigenvalue weighted by molar-refractivity contribution is 6.46. The van der Waals surface area contributed by atoms with E-state index in [1.807, 2.05) is 57.2 Å². The van der Waals surface area contributed by atoms with Gasteiger partial charge in [-0.15, -0.1) is 0 Å². The second-order valence-corrected chi connectivity index (χ2v) is 9.86. The minimum atomic E-state index is -0.766. The Balaban J connectivity index is 2.31. The Labute approximate surface area is 202 Å². The summed E-state index contributed by atoms with van der Waals surface area (Å²) < 4.78 is 11.5. The molecule has 6 heteroatoms. The highest BCUT2D eigenvalue weighted by Crippen LogP contribution is 2.44. The maximum absolute atomic E-state index is 13.3. The molecular weight excluding hydrogens is 430 g/mol. The zero-order valence-corrected chi connectivity index (χ0v) is 21.1. The number of aliphatic hydroxyl groups is 1. The van der Waals surface area contributed by atoms with Crippen molar-refractivity contribution in [2.45, 2.75) is 65.5 Å². The first-order valence-corrected chi connectivity index (χ1v) is 11.7. The number of carbonyl (C=O) groups excluding carboxylic acids is 2. The third-order valence-electron chi connectivity index (χ3n) is 5.90. The van der Waals surface area contributed by atoms with Crippen molar-refractivity contribution in [2.75, 3.05) is 13.7 Å². The summed E-state index contributed by atoms with van der Waals surface area (Å²) in [6.45, 7) is 12.4. The number of benzene rings is 2. The van der Waals surface area contributed by atoms with Gasteiger partial charge in [0, 0.05) is 12.1 Å². The molecule has 1 fully saturated rings. The molecule has 3 rings (SSSR count). The van der Waals surface area contributed by atoms with Gasteiger partial charge in [0.05, 0.1) is 30.4 Å². The van der Waals surface area contributed by atoms with E-state index in [1.54, 1.807) is 6.07 Å². The van der Waals surface area contributed by atoms with Crippen LogP contribution in [0.2, 0.25) is 0 Å². The topological polar surface area (TPSA) is 76.1 Å². The van der Waals surface area contributed by atoms with Crippen molar-refractivity contribution in [2.24, 2.45) is 0 Å². The minimum absolute atomic E-state index is 0.0441. The number of amides is 1. The van der Waals surface area contributed by atoms with Crippen molar-refractivity contribution in [1.82, 2.24) is 4.90 Å². The van der Waals surface area contributed by atoms with Crippen molar-refractivity contribution >= 4 is 17.4 Å². The van der Waals surface area contributed by atoms with Crippen LogP contribution in [0.5, 0.6) is 11.5 Å². The predicted octanol–water partition coefficient (Wildman–Crippen LogP) is 5.61. The van der Waals surface area contributed by atoms with Crippen LogP contribution in [0.15, 0.2) is 48.0 Å². The van der Waals surface area contributed by atoms with Crippen LogP contribution in [0.1, 0.15) is 70.7 Å². The van der Waals surface area contributed by atoms with Gasteiger partial charge in [-0.2, -0.15) is 0 Å². The van der Waals surface area contributed by atoms with Gasteiger partial charge in [-0.25, -0.2) is 0 Å². The van der Waals surface area contributed by atoms with Crippen LogP contribution in [-0.2, 0) is 15.0 Å². The molecule has 2 aromatic carbocycles. The summed E-state index contributed by atoms with van der Waals surface area (Å²) in [4.78, 5) is 27.9. The van der Waals surface area contributed by atoms with Gasteiger partial charge in [0.1, 0.15) is 17.3 Å². The Morgan fingerprint density at radius 2 is 1.76 bits per heavy atom. The van der Waals surface area contributed by atoms with E-state index in [9.17, 15) is 14.7 Å². The van der Waals surface area contributed by atoms with Crippen molar-refractivity contribution in [3.63, 3.8) is 0 Å². The monoisotopic (exact) mass is 465 g/mol. The van der Waals surface area contributed by atoms with Gasteiger partial charge in [0.15, 0.2) is 0 Å². The number of likely N-dealkylation sites (tertiary alicyclic amines) is 1. The van der Waals surface area contributed by atoms with E-state index < -0.39 is 17.7 Å². The zero-order chi connectivity index (χ0) is 25.2. The summed E-state index contributed by atoms with van der Waals surface area (Å²) in [6, 6.07) is 12.1. The number of hydrogen-bond donors (Lipinski definition) is 1. The van der Waals surface area contributed by atoms with Gasteiger partial charge in [-0.3, -0.25) is 9.59 Å². The molecule has 34 heavy (non-hydrogen) atoms. The second-order valence-electron chi connectivity index (χ2n) is 9.86. The van der Waals surface area contributed by atoms with Gasteiger partial charge in [0.25, 0.3) is 11.7 Å². The molecule has 0 spiro atoms. The number of rotatable bonds is 7. The van der Waals surface area contributed by atoms with Crippen molar-refractivity contribution < 1.29 is 24.2 Å². The van der Waals surface area contributed by atoms with Gasteiger partial charge >= 0.3 is 0 Å². The number of hydrogen-bond acceptors (Lipinski definition) is 5. The quantitative estimate of drug-likeness (QED) is 0.327. The normalized spacial score (nSPS) is 18.0. The largest absolute Gasteiger partial charge is 0.507 e. The summed E-state index contributed by atoms with van der Waals surface area (Å²) in [5.41, 5.74) is 1.88. The average Bonchev–Trinajstić information content (AvgIpc) is 3.02. The van der Waals surface area contributed by atoms with Gasteiger partial charge in [-0.05, 0) is 49.4 Å². The Kier molecular flexibility index (Phi) is 7.39. The fourth-order valence-corrected chi connectivity index (χ4v) is 4.25. The molecule has 1 N–H and O–H groups in total. The molecule has 0 saturated carbocycles. The SMILES string of the molecule is CCCN1C(=O)C(=O)/C(=C(/O)c2cc(C(C)(C)C)ccc2OC)C1c1ccccc1OC(C)C. The first kappa shape index (κ1) is 25.3. The van der Waals surface area contributed by atoms with E-state index in [-0.39, 0.29) is 22.9 Å². The highest BCUT2D eigenvalue weighted by Gasteiger charge is 2.47. The molecule has 0 bridgehead atoms. The highest BCUT2D eigenvalue weighted by atomic mass is 16.5.